The molecule has 0 amide bonds. The molecule has 4 heteroatoms. The number of carbonyl (C=O) groups excluding carboxylic acids is 1. The van der Waals surface area contributed by atoms with Crippen LogP contribution in [0, 0.1) is 0 Å². The lowest BCUT2D eigenvalue weighted by Gasteiger charge is -2.18. The van der Waals surface area contributed by atoms with Gasteiger partial charge in [-0.1, -0.05) is 41.9 Å². The predicted molar refractivity (Wildman–Crippen MR) is 76.3 cm³/mol. The third kappa shape index (κ3) is 3.48. The Kier molecular flexibility index (Phi) is 4.42. The van der Waals surface area contributed by atoms with E-state index in [4.69, 9.17) is 16.3 Å². The van der Waals surface area contributed by atoms with E-state index in [0.717, 1.165) is 11.3 Å². The summed E-state index contributed by atoms with van der Waals surface area (Å²) in [6.45, 7) is 0. The standard InChI is InChI=1S/C15H14ClNO2/c1-19-15(18)14(11-5-3-2-4-6-11)17-13-9-7-12(16)8-10-13/h2-10,14,17H,1H3. The Balaban J connectivity index is 2.24. The van der Waals surface area contributed by atoms with E-state index in [1.165, 1.54) is 7.11 Å². The van der Waals surface area contributed by atoms with E-state index in [9.17, 15) is 4.79 Å². The van der Waals surface area contributed by atoms with Crippen molar-refractivity contribution >= 4 is 23.3 Å². The molecule has 0 aromatic heterocycles. The van der Waals surface area contributed by atoms with Crippen LogP contribution in [0.4, 0.5) is 5.69 Å². The number of anilines is 1. The van der Waals surface area contributed by atoms with E-state index in [0.29, 0.717) is 5.02 Å². The molecule has 0 bridgehead atoms. The second-order valence-corrected chi connectivity index (χ2v) is 4.45. The zero-order chi connectivity index (χ0) is 13.7. The summed E-state index contributed by atoms with van der Waals surface area (Å²) in [6, 6.07) is 16.1. The molecule has 0 radical (unpaired) electrons. The van der Waals surface area contributed by atoms with Gasteiger partial charge >= 0.3 is 5.97 Å². The van der Waals surface area contributed by atoms with Gasteiger partial charge in [0, 0.05) is 10.7 Å². The van der Waals surface area contributed by atoms with Crippen LogP contribution in [0.3, 0.4) is 0 Å². The molecule has 0 aliphatic carbocycles. The van der Waals surface area contributed by atoms with Gasteiger partial charge in [0.05, 0.1) is 7.11 Å². The Morgan fingerprint density at radius 1 is 1.11 bits per heavy atom. The molecule has 2 rings (SSSR count). The van der Waals surface area contributed by atoms with Crippen LogP contribution in [-0.2, 0) is 9.53 Å². The van der Waals surface area contributed by atoms with Crippen LogP contribution in [0.1, 0.15) is 11.6 Å². The summed E-state index contributed by atoms with van der Waals surface area (Å²) in [5.74, 6) is -0.332. The van der Waals surface area contributed by atoms with Crippen molar-refractivity contribution in [2.45, 2.75) is 6.04 Å². The molecule has 0 aliphatic heterocycles. The van der Waals surface area contributed by atoms with Crippen molar-refractivity contribution in [2.75, 3.05) is 12.4 Å². The summed E-state index contributed by atoms with van der Waals surface area (Å²) in [5.41, 5.74) is 1.66. The van der Waals surface area contributed by atoms with Gasteiger partial charge in [0.15, 0.2) is 6.04 Å². The monoisotopic (exact) mass is 275 g/mol. The minimum Gasteiger partial charge on any atom is -0.467 e. The Morgan fingerprint density at radius 3 is 2.32 bits per heavy atom. The normalized spacial score (nSPS) is 11.7. The van der Waals surface area contributed by atoms with Gasteiger partial charge in [0.2, 0.25) is 0 Å². The fourth-order valence-electron chi connectivity index (χ4n) is 1.75. The molecule has 0 saturated carbocycles. The van der Waals surface area contributed by atoms with Crippen molar-refractivity contribution in [1.82, 2.24) is 0 Å². The molecule has 0 saturated heterocycles. The maximum Gasteiger partial charge on any atom is 0.332 e. The van der Waals surface area contributed by atoms with Crippen molar-refractivity contribution < 1.29 is 9.53 Å². The molecular weight excluding hydrogens is 262 g/mol. The highest BCUT2D eigenvalue weighted by Gasteiger charge is 2.20. The molecule has 2 aromatic rings. The molecule has 3 nitrogen and oxygen atoms in total. The van der Waals surface area contributed by atoms with E-state index in [2.05, 4.69) is 5.32 Å². The second kappa shape index (κ2) is 6.25. The minimum atomic E-state index is -0.535. The van der Waals surface area contributed by atoms with Crippen LogP contribution in [0.25, 0.3) is 0 Å². The van der Waals surface area contributed by atoms with Gasteiger partial charge < -0.3 is 10.1 Å². The Bertz CT molecular complexity index is 540. The highest BCUT2D eigenvalue weighted by atomic mass is 35.5. The number of esters is 1. The molecule has 1 atom stereocenters. The molecule has 0 spiro atoms. The minimum absolute atomic E-state index is 0.332. The lowest BCUT2D eigenvalue weighted by Crippen LogP contribution is -2.22. The highest BCUT2D eigenvalue weighted by molar-refractivity contribution is 6.30. The molecule has 0 heterocycles. The first-order valence-corrected chi connectivity index (χ1v) is 6.23. The highest BCUT2D eigenvalue weighted by Crippen LogP contribution is 2.22. The summed E-state index contributed by atoms with van der Waals surface area (Å²) < 4.78 is 4.84. The maximum atomic E-state index is 11.9. The molecule has 1 N–H and O–H groups in total. The summed E-state index contributed by atoms with van der Waals surface area (Å²) in [4.78, 5) is 11.9. The summed E-state index contributed by atoms with van der Waals surface area (Å²) in [5, 5.41) is 3.79. The first-order valence-electron chi connectivity index (χ1n) is 5.85. The van der Waals surface area contributed by atoms with Gasteiger partial charge in [-0.25, -0.2) is 4.79 Å². The largest absolute Gasteiger partial charge is 0.467 e. The zero-order valence-electron chi connectivity index (χ0n) is 10.5. The first-order chi connectivity index (χ1) is 9.20. The van der Waals surface area contributed by atoms with Crippen molar-refractivity contribution in [3.05, 3.63) is 65.2 Å². The van der Waals surface area contributed by atoms with Crippen molar-refractivity contribution in [1.29, 1.82) is 0 Å². The number of ether oxygens (including phenoxy) is 1. The van der Waals surface area contributed by atoms with Crippen LogP contribution in [0.15, 0.2) is 54.6 Å². The van der Waals surface area contributed by atoms with Gasteiger partial charge in [-0.3, -0.25) is 0 Å². The van der Waals surface area contributed by atoms with E-state index in [1.54, 1.807) is 12.1 Å². The quantitative estimate of drug-likeness (QED) is 0.866. The fourth-order valence-corrected chi connectivity index (χ4v) is 1.88. The van der Waals surface area contributed by atoms with Crippen LogP contribution >= 0.6 is 11.6 Å². The third-order valence-corrected chi connectivity index (χ3v) is 2.98. The number of hydrogen-bond acceptors (Lipinski definition) is 3. The topological polar surface area (TPSA) is 38.3 Å². The van der Waals surface area contributed by atoms with E-state index >= 15 is 0 Å². The smallest absolute Gasteiger partial charge is 0.332 e. The molecule has 0 fully saturated rings. The van der Waals surface area contributed by atoms with Crippen LogP contribution in [-0.4, -0.2) is 13.1 Å². The molecule has 98 valence electrons. The zero-order valence-corrected chi connectivity index (χ0v) is 11.2. The Labute approximate surface area is 117 Å². The molecular formula is C15H14ClNO2. The van der Waals surface area contributed by atoms with Gasteiger partial charge in [-0.2, -0.15) is 0 Å². The second-order valence-electron chi connectivity index (χ2n) is 4.02. The molecule has 1 unspecified atom stereocenters. The predicted octanol–water partition coefficient (Wildman–Crippen LogP) is 3.67. The Hall–Kier alpha value is -2.00. The van der Waals surface area contributed by atoms with Crippen molar-refractivity contribution in [3.63, 3.8) is 0 Å². The number of benzene rings is 2. The fraction of sp³-hybridized carbons (Fsp3) is 0.133. The molecule has 19 heavy (non-hydrogen) atoms. The van der Waals surface area contributed by atoms with Crippen LogP contribution in [0.2, 0.25) is 5.02 Å². The third-order valence-electron chi connectivity index (χ3n) is 2.73. The summed E-state index contributed by atoms with van der Waals surface area (Å²) in [6.07, 6.45) is 0. The van der Waals surface area contributed by atoms with Gasteiger partial charge in [-0.05, 0) is 29.8 Å². The molecule has 2 aromatic carbocycles. The van der Waals surface area contributed by atoms with E-state index < -0.39 is 6.04 Å². The van der Waals surface area contributed by atoms with E-state index in [1.807, 2.05) is 42.5 Å². The average Bonchev–Trinajstić information content (AvgIpc) is 2.47. The Morgan fingerprint density at radius 2 is 1.74 bits per heavy atom. The van der Waals surface area contributed by atoms with Gasteiger partial charge in [0.25, 0.3) is 0 Å². The number of rotatable bonds is 4. The molecule has 0 aliphatic rings. The van der Waals surface area contributed by atoms with Crippen molar-refractivity contribution in [3.8, 4) is 0 Å². The van der Waals surface area contributed by atoms with Gasteiger partial charge in [0.1, 0.15) is 0 Å². The van der Waals surface area contributed by atoms with E-state index in [-0.39, 0.29) is 5.97 Å². The number of carbonyl (C=O) groups is 1. The maximum absolute atomic E-state index is 11.9. The summed E-state index contributed by atoms with van der Waals surface area (Å²) >= 11 is 5.84. The van der Waals surface area contributed by atoms with Crippen LogP contribution < -0.4 is 5.32 Å². The van der Waals surface area contributed by atoms with Crippen LogP contribution in [0.5, 0.6) is 0 Å². The number of methoxy groups -OCH3 is 1. The SMILES string of the molecule is COC(=O)C(Nc1ccc(Cl)cc1)c1ccccc1. The summed E-state index contributed by atoms with van der Waals surface area (Å²) in [7, 11) is 1.38. The number of nitrogens with one attached hydrogen (secondary N) is 1. The average molecular weight is 276 g/mol. The first kappa shape index (κ1) is 13.4. The number of halogens is 1. The number of hydrogen-bond donors (Lipinski definition) is 1. The lowest BCUT2D eigenvalue weighted by atomic mass is 10.1. The van der Waals surface area contributed by atoms with Gasteiger partial charge in [-0.15, -0.1) is 0 Å². The lowest BCUT2D eigenvalue weighted by molar-refractivity contribution is -0.141. The van der Waals surface area contributed by atoms with Crippen molar-refractivity contribution in [2.24, 2.45) is 0 Å².